The van der Waals surface area contributed by atoms with Crippen molar-refractivity contribution in [1.82, 2.24) is 10.2 Å². The molecule has 0 bridgehead atoms. The van der Waals surface area contributed by atoms with Gasteiger partial charge in [-0.05, 0) is 44.0 Å². The molecule has 0 radical (unpaired) electrons. The van der Waals surface area contributed by atoms with Gasteiger partial charge in [-0.25, -0.2) is 0 Å². The molecule has 19 heavy (non-hydrogen) atoms. The van der Waals surface area contributed by atoms with Crippen molar-refractivity contribution in [3.05, 3.63) is 34.9 Å². The fraction of sp³-hybridized carbons (Fsp3) is 0.533. The number of rotatable bonds is 3. The Labute approximate surface area is 115 Å². The highest BCUT2D eigenvalue weighted by atomic mass is 16.1. The molecule has 1 amide bonds. The van der Waals surface area contributed by atoms with Crippen molar-refractivity contribution in [3.8, 4) is 0 Å². The predicted octanol–water partition coefficient (Wildman–Crippen LogP) is 1.28. The van der Waals surface area contributed by atoms with Gasteiger partial charge in [0.05, 0.1) is 0 Å². The summed E-state index contributed by atoms with van der Waals surface area (Å²) in [5.41, 5.74) is 8.29. The average Bonchev–Trinajstić information content (AvgIpc) is 2.36. The van der Waals surface area contributed by atoms with Crippen molar-refractivity contribution < 1.29 is 4.79 Å². The number of hydrogen-bond donors (Lipinski definition) is 2. The van der Waals surface area contributed by atoms with Crippen molar-refractivity contribution in [1.29, 1.82) is 0 Å². The molecular weight excluding hydrogens is 238 g/mol. The Balaban J connectivity index is 2.12. The van der Waals surface area contributed by atoms with Crippen molar-refractivity contribution >= 4 is 5.91 Å². The van der Waals surface area contributed by atoms with E-state index in [-0.39, 0.29) is 5.91 Å². The number of nitrogens with zero attached hydrogens (tertiary/aromatic N) is 1. The first-order valence-electron chi connectivity index (χ1n) is 6.84. The lowest BCUT2D eigenvalue weighted by atomic mass is 10.0. The van der Waals surface area contributed by atoms with Gasteiger partial charge >= 0.3 is 0 Å². The van der Waals surface area contributed by atoms with Crippen molar-refractivity contribution in [3.63, 3.8) is 0 Å². The largest absolute Gasteiger partial charge is 0.366 e. The Hall–Kier alpha value is -1.39. The zero-order chi connectivity index (χ0) is 14.0. The van der Waals surface area contributed by atoms with E-state index in [0.29, 0.717) is 17.6 Å². The Morgan fingerprint density at radius 2 is 2.21 bits per heavy atom. The van der Waals surface area contributed by atoms with Crippen LogP contribution in [-0.2, 0) is 6.54 Å². The van der Waals surface area contributed by atoms with E-state index in [9.17, 15) is 4.79 Å². The number of nitrogens with one attached hydrogen (secondary N) is 1. The number of amides is 1. The zero-order valence-electron chi connectivity index (χ0n) is 11.9. The molecule has 0 spiro atoms. The third kappa shape index (κ3) is 3.33. The summed E-state index contributed by atoms with van der Waals surface area (Å²) in [5.74, 6) is -0.362. The molecule has 0 aromatic heterocycles. The maximum Gasteiger partial charge on any atom is 0.248 e. The van der Waals surface area contributed by atoms with Gasteiger partial charge < -0.3 is 11.1 Å². The lowest BCUT2D eigenvalue weighted by Gasteiger charge is -2.37. The van der Waals surface area contributed by atoms with Crippen LogP contribution in [0.3, 0.4) is 0 Å². The highest BCUT2D eigenvalue weighted by Gasteiger charge is 2.22. The Kier molecular flexibility index (Phi) is 4.22. The van der Waals surface area contributed by atoms with Crippen LogP contribution in [0.5, 0.6) is 0 Å². The van der Waals surface area contributed by atoms with Gasteiger partial charge in [-0.2, -0.15) is 0 Å². The summed E-state index contributed by atoms with van der Waals surface area (Å²) >= 11 is 0. The van der Waals surface area contributed by atoms with E-state index in [1.165, 1.54) is 5.56 Å². The quantitative estimate of drug-likeness (QED) is 0.861. The molecule has 1 heterocycles. The number of aryl methyl sites for hydroxylation is 1. The first kappa shape index (κ1) is 14.0. The fourth-order valence-electron chi connectivity index (χ4n) is 2.56. The molecule has 1 aliphatic rings. The topological polar surface area (TPSA) is 58.4 Å². The van der Waals surface area contributed by atoms with Gasteiger partial charge in [-0.15, -0.1) is 0 Å². The van der Waals surface area contributed by atoms with Crippen molar-refractivity contribution in [2.45, 2.75) is 39.4 Å². The van der Waals surface area contributed by atoms with Crippen LogP contribution in [0.15, 0.2) is 18.2 Å². The number of carbonyl (C=O) groups excluding carboxylic acids is 1. The van der Waals surface area contributed by atoms with Gasteiger partial charge in [0.2, 0.25) is 5.91 Å². The molecule has 1 saturated heterocycles. The molecule has 0 aliphatic carbocycles. The van der Waals surface area contributed by atoms with E-state index >= 15 is 0 Å². The van der Waals surface area contributed by atoms with Crippen molar-refractivity contribution in [2.24, 2.45) is 5.73 Å². The Morgan fingerprint density at radius 1 is 1.47 bits per heavy atom. The summed E-state index contributed by atoms with van der Waals surface area (Å²) in [6, 6.07) is 6.79. The molecule has 104 valence electrons. The highest BCUT2D eigenvalue weighted by molar-refractivity contribution is 5.93. The lowest BCUT2D eigenvalue weighted by molar-refractivity contribution is 0.1000. The standard InChI is InChI=1S/C15H23N3O/c1-10-6-13(15(16)19)4-5-14(10)9-18-8-11(2)17-7-12(18)3/h4-6,11-12,17H,7-9H2,1-3H3,(H2,16,19). The summed E-state index contributed by atoms with van der Waals surface area (Å²) in [4.78, 5) is 13.6. The summed E-state index contributed by atoms with van der Waals surface area (Å²) < 4.78 is 0. The van der Waals surface area contributed by atoms with E-state index in [4.69, 9.17) is 5.73 Å². The van der Waals surface area contributed by atoms with E-state index < -0.39 is 0 Å². The summed E-state index contributed by atoms with van der Waals surface area (Å²) in [6.07, 6.45) is 0. The first-order chi connectivity index (χ1) is 8.97. The van der Waals surface area contributed by atoms with Crippen LogP contribution >= 0.6 is 0 Å². The lowest BCUT2D eigenvalue weighted by Crippen LogP contribution is -2.53. The second-order valence-corrected chi connectivity index (χ2v) is 5.59. The number of primary amides is 1. The predicted molar refractivity (Wildman–Crippen MR) is 77.0 cm³/mol. The maximum atomic E-state index is 11.2. The number of hydrogen-bond acceptors (Lipinski definition) is 3. The Bertz CT molecular complexity index is 472. The molecule has 2 rings (SSSR count). The maximum absolute atomic E-state index is 11.2. The minimum Gasteiger partial charge on any atom is -0.366 e. The second kappa shape index (κ2) is 5.72. The van der Waals surface area contributed by atoms with Crippen LogP contribution in [0.1, 0.15) is 35.3 Å². The molecule has 4 heteroatoms. The summed E-state index contributed by atoms with van der Waals surface area (Å²) in [7, 11) is 0. The molecule has 1 aromatic carbocycles. The van der Waals surface area contributed by atoms with E-state index in [2.05, 4.69) is 24.1 Å². The molecule has 4 nitrogen and oxygen atoms in total. The first-order valence-corrected chi connectivity index (χ1v) is 6.84. The molecule has 0 saturated carbocycles. The van der Waals surface area contributed by atoms with E-state index in [1.54, 1.807) is 0 Å². The number of benzene rings is 1. The molecule has 2 unspecified atom stereocenters. The van der Waals surface area contributed by atoms with Crippen LogP contribution in [0.25, 0.3) is 0 Å². The van der Waals surface area contributed by atoms with Gasteiger partial charge in [-0.3, -0.25) is 9.69 Å². The van der Waals surface area contributed by atoms with Gasteiger partial charge in [0.15, 0.2) is 0 Å². The normalized spacial score (nSPS) is 24.4. The third-order valence-corrected chi connectivity index (χ3v) is 3.89. The van der Waals surface area contributed by atoms with Crippen LogP contribution < -0.4 is 11.1 Å². The number of piperazine rings is 1. The molecule has 1 aromatic rings. The minimum atomic E-state index is -0.362. The minimum absolute atomic E-state index is 0.362. The van der Waals surface area contributed by atoms with Gasteiger partial charge in [0.1, 0.15) is 0 Å². The number of carbonyl (C=O) groups is 1. The van der Waals surface area contributed by atoms with Crippen LogP contribution in [-0.4, -0.2) is 36.0 Å². The van der Waals surface area contributed by atoms with Crippen LogP contribution in [0.4, 0.5) is 0 Å². The van der Waals surface area contributed by atoms with Gasteiger partial charge in [0, 0.05) is 37.3 Å². The van der Waals surface area contributed by atoms with Gasteiger partial charge in [-0.1, -0.05) is 6.07 Å². The zero-order valence-corrected chi connectivity index (χ0v) is 11.9. The summed E-state index contributed by atoms with van der Waals surface area (Å²) in [5, 5.41) is 3.48. The Morgan fingerprint density at radius 3 is 2.84 bits per heavy atom. The van der Waals surface area contributed by atoms with Crippen molar-refractivity contribution in [2.75, 3.05) is 13.1 Å². The monoisotopic (exact) mass is 261 g/mol. The molecule has 1 aliphatic heterocycles. The summed E-state index contributed by atoms with van der Waals surface area (Å²) in [6.45, 7) is 9.50. The van der Waals surface area contributed by atoms with E-state index in [1.807, 2.05) is 25.1 Å². The highest BCUT2D eigenvalue weighted by Crippen LogP contribution is 2.16. The molecular formula is C15H23N3O. The smallest absolute Gasteiger partial charge is 0.248 e. The average molecular weight is 261 g/mol. The molecule has 2 atom stereocenters. The van der Waals surface area contributed by atoms with Crippen LogP contribution in [0, 0.1) is 6.92 Å². The fourth-order valence-corrected chi connectivity index (χ4v) is 2.56. The van der Waals surface area contributed by atoms with E-state index in [0.717, 1.165) is 25.2 Å². The second-order valence-electron chi connectivity index (χ2n) is 5.59. The third-order valence-electron chi connectivity index (χ3n) is 3.89. The van der Waals surface area contributed by atoms with Crippen LogP contribution in [0.2, 0.25) is 0 Å². The molecule has 3 N–H and O–H groups in total. The SMILES string of the molecule is Cc1cc(C(N)=O)ccc1CN1CC(C)NCC1C. The van der Waals surface area contributed by atoms with Gasteiger partial charge in [0.25, 0.3) is 0 Å². The number of nitrogens with two attached hydrogens (primary N) is 1. The molecule has 1 fully saturated rings.